The van der Waals surface area contributed by atoms with E-state index < -0.39 is 0 Å². The molecule has 0 aliphatic heterocycles. The molecule has 0 aliphatic rings. The van der Waals surface area contributed by atoms with Crippen molar-refractivity contribution in [3.63, 3.8) is 0 Å². The third-order valence-corrected chi connectivity index (χ3v) is 3.13. The van der Waals surface area contributed by atoms with Gasteiger partial charge in [-0.1, -0.05) is 30.7 Å². The lowest BCUT2D eigenvalue weighted by Crippen LogP contribution is -2.33. The Bertz CT molecular complexity index is 344. The Hall–Kier alpha value is -0.770. The summed E-state index contributed by atoms with van der Waals surface area (Å²) in [6.45, 7) is 4.66. The van der Waals surface area contributed by atoms with Crippen LogP contribution in [0.2, 0.25) is 5.02 Å². The van der Waals surface area contributed by atoms with E-state index in [0.717, 1.165) is 5.56 Å². The molecule has 0 saturated carbocycles. The minimum absolute atomic E-state index is 0.125. The Kier molecular flexibility index (Phi) is 5.06. The van der Waals surface area contributed by atoms with Gasteiger partial charge in [0.2, 0.25) is 0 Å². The molecule has 0 bridgehead atoms. The lowest BCUT2D eigenvalue weighted by atomic mass is 10.0. The maximum atomic E-state index is 9.68. The number of rotatable bonds is 5. The number of aliphatic hydroxyl groups excluding tert-OH is 1. The minimum Gasteiger partial charge on any atom is -0.506 e. The topological polar surface area (TPSA) is 52.5 Å². The van der Waals surface area contributed by atoms with Crippen LogP contribution in [0.25, 0.3) is 0 Å². The van der Waals surface area contributed by atoms with Gasteiger partial charge in [-0.25, -0.2) is 0 Å². The van der Waals surface area contributed by atoms with E-state index in [1.807, 2.05) is 19.9 Å². The van der Waals surface area contributed by atoms with Crippen LogP contribution < -0.4 is 5.32 Å². The van der Waals surface area contributed by atoms with Gasteiger partial charge in [0, 0.05) is 24.8 Å². The highest BCUT2D eigenvalue weighted by Gasteiger charge is 2.11. The second-order valence-corrected chi connectivity index (χ2v) is 4.48. The van der Waals surface area contributed by atoms with Crippen molar-refractivity contribution in [3.8, 4) is 5.75 Å². The predicted octanol–water partition coefficient (Wildman–Crippen LogP) is 2.15. The molecule has 1 rings (SSSR count). The lowest BCUT2D eigenvalue weighted by Gasteiger charge is -2.19. The molecule has 2 atom stereocenters. The van der Waals surface area contributed by atoms with Gasteiger partial charge in [-0.2, -0.15) is 0 Å². The summed E-state index contributed by atoms with van der Waals surface area (Å²) in [6, 6.07) is 5.47. The Labute approximate surface area is 101 Å². The first kappa shape index (κ1) is 13.3. The number of phenolic OH excluding ortho intramolecular Hbond substituents is 1. The highest BCUT2D eigenvalue weighted by atomic mass is 35.5. The van der Waals surface area contributed by atoms with Crippen LogP contribution in [0.15, 0.2) is 18.2 Å². The van der Waals surface area contributed by atoms with Gasteiger partial charge in [0.25, 0.3) is 0 Å². The first-order valence-electron chi connectivity index (χ1n) is 5.36. The molecule has 2 unspecified atom stereocenters. The Balaban J connectivity index is 2.58. The van der Waals surface area contributed by atoms with Gasteiger partial charge in [0.05, 0.1) is 5.02 Å². The third kappa shape index (κ3) is 3.37. The van der Waals surface area contributed by atoms with Gasteiger partial charge in [-0.3, -0.25) is 0 Å². The molecule has 1 aromatic carbocycles. The fraction of sp³-hybridized carbons (Fsp3) is 0.500. The fourth-order valence-corrected chi connectivity index (χ4v) is 1.53. The molecule has 4 heteroatoms. The molecule has 1 aromatic rings. The summed E-state index contributed by atoms with van der Waals surface area (Å²) in [5.74, 6) is 0.307. The van der Waals surface area contributed by atoms with E-state index in [2.05, 4.69) is 5.32 Å². The van der Waals surface area contributed by atoms with E-state index in [1.54, 1.807) is 12.1 Å². The Morgan fingerprint density at radius 3 is 2.69 bits per heavy atom. The molecule has 0 amide bonds. The zero-order valence-corrected chi connectivity index (χ0v) is 10.3. The monoisotopic (exact) mass is 243 g/mol. The minimum atomic E-state index is 0.125. The van der Waals surface area contributed by atoms with Gasteiger partial charge in [-0.15, -0.1) is 0 Å². The van der Waals surface area contributed by atoms with E-state index in [1.165, 1.54) is 0 Å². The molecule has 16 heavy (non-hydrogen) atoms. The van der Waals surface area contributed by atoms with Crippen molar-refractivity contribution in [2.24, 2.45) is 5.92 Å². The van der Waals surface area contributed by atoms with Crippen LogP contribution in [-0.2, 0) is 6.54 Å². The predicted molar refractivity (Wildman–Crippen MR) is 65.7 cm³/mol. The summed E-state index contributed by atoms with van der Waals surface area (Å²) in [5.41, 5.74) is 0.768. The quantitative estimate of drug-likeness (QED) is 0.743. The summed E-state index contributed by atoms with van der Waals surface area (Å²) in [6.07, 6.45) is 0. The van der Waals surface area contributed by atoms with E-state index in [0.29, 0.717) is 11.6 Å². The molecule has 0 radical (unpaired) electrons. The van der Waals surface area contributed by atoms with Crippen LogP contribution in [0.5, 0.6) is 5.75 Å². The first-order chi connectivity index (χ1) is 7.56. The third-order valence-electron chi connectivity index (χ3n) is 2.83. The number of aliphatic hydroxyl groups is 1. The summed E-state index contributed by atoms with van der Waals surface area (Å²) in [7, 11) is 0. The van der Waals surface area contributed by atoms with Crippen molar-refractivity contribution < 1.29 is 10.2 Å². The van der Waals surface area contributed by atoms with Gasteiger partial charge in [0.1, 0.15) is 5.75 Å². The Morgan fingerprint density at radius 1 is 1.38 bits per heavy atom. The smallest absolute Gasteiger partial charge is 0.138 e. The summed E-state index contributed by atoms with van der Waals surface area (Å²) >= 11 is 5.80. The second-order valence-electron chi connectivity index (χ2n) is 4.08. The van der Waals surface area contributed by atoms with E-state index in [9.17, 15) is 5.11 Å². The fourth-order valence-electron chi connectivity index (χ4n) is 1.33. The van der Waals surface area contributed by atoms with Crippen molar-refractivity contribution in [1.29, 1.82) is 0 Å². The molecule has 0 saturated heterocycles. The number of halogens is 1. The molecular weight excluding hydrogens is 226 g/mol. The summed E-state index contributed by atoms with van der Waals surface area (Å²) in [4.78, 5) is 0. The maximum absolute atomic E-state index is 9.68. The standard InChI is InChI=1S/C12H18ClNO2/c1-8(7-15)9(2)14-6-10-4-3-5-11(13)12(10)16/h3-5,8-9,14-16H,6-7H2,1-2H3. The molecule has 3 N–H and O–H groups in total. The Morgan fingerprint density at radius 2 is 2.06 bits per heavy atom. The molecule has 0 heterocycles. The van der Waals surface area contributed by atoms with Crippen molar-refractivity contribution >= 4 is 11.6 Å². The van der Waals surface area contributed by atoms with E-state index >= 15 is 0 Å². The number of nitrogens with one attached hydrogen (secondary N) is 1. The van der Waals surface area contributed by atoms with Crippen molar-refractivity contribution in [1.82, 2.24) is 5.32 Å². The maximum Gasteiger partial charge on any atom is 0.138 e. The summed E-state index contributed by atoms with van der Waals surface area (Å²) < 4.78 is 0. The highest BCUT2D eigenvalue weighted by molar-refractivity contribution is 6.32. The van der Waals surface area contributed by atoms with Gasteiger partial charge >= 0.3 is 0 Å². The molecule has 0 spiro atoms. The van der Waals surface area contributed by atoms with Gasteiger partial charge in [0.15, 0.2) is 0 Å². The largest absolute Gasteiger partial charge is 0.506 e. The molecule has 3 nitrogen and oxygen atoms in total. The molecular formula is C12H18ClNO2. The van der Waals surface area contributed by atoms with Crippen LogP contribution in [0.3, 0.4) is 0 Å². The first-order valence-corrected chi connectivity index (χ1v) is 5.74. The van der Waals surface area contributed by atoms with Crippen LogP contribution in [0.4, 0.5) is 0 Å². The molecule has 0 aromatic heterocycles. The number of phenols is 1. The number of para-hydroxylation sites is 1. The van der Waals surface area contributed by atoms with E-state index in [4.69, 9.17) is 16.7 Å². The van der Waals surface area contributed by atoms with Gasteiger partial charge < -0.3 is 15.5 Å². The number of benzene rings is 1. The average Bonchev–Trinajstić information content (AvgIpc) is 2.29. The summed E-state index contributed by atoms with van der Waals surface area (Å²) in [5, 5.41) is 22.3. The highest BCUT2D eigenvalue weighted by Crippen LogP contribution is 2.26. The average molecular weight is 244 g/mol. The van der Waals surface area contributed by atoms with Crippen molar-refractivity contribution in [2.45, 2.75) is 26.4 Å². The van der Waals surface area contributed by atoms with Crippen LogP contribution >= 0.6 is 11.6 Å². The number of hydrogen-bond donors (Lipinski definition) is 3. The second kappa shape index (κ2) is 6.09. The normalized spacial score (nSPS) is 14.8. The lowest BCUT2D eigenvalue weighted by molar-refractivity contribution is 0.207. The van der Waals surface area contributed by atoms with Crippen molar-refractivity contribution in [2.75, 3.05) is 6.61 Å². The zero-order chi connectivity index (χ0) is 12.1. The molecule has 90 valence electrons. The van der Waals surface area contributed by atoms with E-state index in [-0.39, 0.29) is 24.3 Å². The molecule has 0 fully saturated rings. The number of aromatic hydroxyl groups is 1. The van der Waals surface area contributed by atoms with Crippen LogP contribution in [0.1, 0.15) is 19.4 Å². The SMILES string of the molecule is CC(CO)C(C)NCc1cccc(Cl)c1O. The zero-order valence-electron chi connectivity index (χ0n) is 9.57. The van der Waals surface area contributed by atoms with Crippen LogP contribution in [-0.4, -0.2) is 22.9 Å². The van der Waals surface area contributed by atoms with Crippen LogP contribution in [0, 0.1) is 5.92 Å². The van der Waals surface area contributed by atoms with Gasteiger partial charge in [-0.05, 0) is 18.9 Å². The van der Waals surface area contributed by atoms with Crippen molar-refractivity contribution in [3.05, 3.63) is 28.8 Å². The number of hydrogen-bond acceptors (Lipinski definition) is 3. The molecule has 0 aliphatic carbocycles.